The van der Waals surface area contributed by atoms with Crippen LogP contribution in [0.25, 0.3) is 0 Å². The van der Waals surface area contributed by atoms with Gasteiger partial charge in [0.05, 0.1) is 33.3 Å². The molecule has 0 heterocycles. The Balaban J connectivity index is 2.07. The van der Waals surface area contributed by atoms with Crippen LogP contribution in [0.2, 0.25) is 0 Å². The molecule has 1 aliphatic carbocycles. The van der Waals surface area contributed by atoms with Gasteiger partial charge in [-0.2, -0.15) is 0 Å². The Morgan fingerprint density at radius 2 is 1.19 bits per heavy atom. The van der Waals surface area contributed by atoms with Crippen molar-refractivity contribution < 1.29 is 37.3 Å². The first-order valence-corrected chi connectivity index (χ1v) is 9.51. The Bertz CT molecular complexity index is 2140. The summed E-state index contributed by atoms with van der Waals surface area (Å²) in [5.41, 5.74) is -6.53. The highest BCUT2D eigenvalue weighted by Crippen LogP contribution is 2.59. The Kier molecular flexibility index (Phi) is 2.09. The quantitative estimate of drug-likeness (QED) is 0.369. The Morgan fingerprint density at radius 1 is 0.719 bits per heavy atom. The van der Waals surface area contributed by atoms with Gasteiger partial charge in [0, 0.05) is 11.5 Å². The van der Waals surface area contributed by atoms with Gasteiger partial charge in [-0.15, -0.1) is 0 Å². The van der Waals surface area contributed by atoms with E-state index in [9.17, 15) is 9.90 Å². The van der Waals surface area contributed by atoms with Gasteiger partial charge in [0.2, 0.25) is 0 Å². The maximum Gasteiger partial charge on any atom is 0.169 e. The molecule has 0 amide bonds. The second-order valence-corrected chi connectivity index (χ2v) is 7.18. The van der Waals surface area contributed by atoms with Crippen molar-refractivity contribution in [3.8, 4) is 0 Å². The molecule has 0 aliphatic heterocycles. The van der Waals surface area contributed by atoms with E-state index in [0.717, 1.165) is 0 Å². The molecule has 158 valence electrons. The van der Waals surface area contributed by atoms with Crippen LogP contribution in [0.3, 0.4) is 0 Å². The van der Waals surface area contributed by atoms with Gasteiger partial charge >= 0.3 is 0 Å². The number of aliphatic hydroxyl groups is 1. The summed E-state index contributed by atoms with van der Waals surface area (Å²) in [6, 6.07) is -19.4. The zero-order valence-corrected chi connectivity index (χ0v) is 16.3. The van der Waals surface area contributed by atoms with Crippen molar-refractivity contribution in [2.75, 3.05) is 0 Å². The first kappa shape index (κ1) is 7.83. The van der Waals surface area contributed by atoms with Crippen molar-refractivity contribution in [3.63, 3.8) is 0 Å². The molecule has 0 aromatic heterocycles. The van der Waals surface area contributed by atoms with Gasteiger partial charge in [-0.3, -0.25) is 4.79 Å². The summed E-state index contributed by atoms with van der Waals surface area (Å²) in [7, 11) is 0. The minimum absolute atomic E-state index is 0.634. The third-order valence-corrected chi connectivity index (χ3v) is 5.54. The monoisotopic (exact) mass is 438 g/mol. The number of carbonyl (C=O) groups excluding carboxylic acids is 1. The Labute approximate surface area is 217 Å². The van der Waals surface area contributed by atoms with E-state index >= 15 is 0 Å². The highest BCUT2D eigenvalue weighted by Gasteiger charge is 2.57. The highest BCUT2D eigenvalue weighted by molar-refractivity contribution is 5.99. The molecule has 4 aromatic carbocycles. The number of rotatable bonds is 5. The maximum atomic E-state index is 15.0. The summed E-state index contributed by atoms with van der Waals surface area (Å²) < 4.78 is 168. The number of benzene rings is 4. The molecule has 0 spiro atoms. The first-order valence-electron chi connectivity index (χ1n) is 19.5. The molecule has 0 saturated heterocycles. The highest BCUT2D eigenvalue weighted by atomic mass is 16.3. The number of carbonyl (C=O) groups is 1. The topological polar surface area (TPSA) is 37.3 Å². The molecule has 1 aliphatic rings. The fourth-order valence-corrected chi connectivity index (χ4v) is 4.27. The summed E-state index contributed by atoms with van der Waals surface area (Å²) in [6.45, 7) is 0. The van der Waals surface area contributed by atoms with Gasteiger partial charge in [0.1, 0.15) is 5.60 Å². The third kappa shape index (κ3) is 3.57. The van der Waals surface area contributed by atoms with E-state index in [0.29, 0.717) is 0 Å². The number of Topliss-reactive ketones (excluding diaryl/α,β-unsaturated/α-hetero) is 1. The molecule has 5 rings (SSSR count). The number of hydrogen-bond donors (Lipinski definition) is 1. The maximum absolute atomic E-state index is 15.0. The van der Waals surface area contributed by atoms with Gasteiger partial charge in [-0.05, 0) is 29.0 Å². The minimum Gasteiger partial charge on any atom is -0.384 e. The van der Waals surface area contributed by atoms with Crippen LogP contribution in [0.4, 0.5) is 0 Å². The van der Waals surface area contributed by atoms with Crippen LogP contribution in [0, 0.1) is 5.92 Å². The lowest BCUT2D eigenvalue weighted by molar-refractivity contribution is -0.000254. The van der Waals surface area contributed by atoms with Gasteiger partial charge in [-0.25, -0.2) is 0 Å². The normalized spacial score (nSPS) is 33.6. The fraction of sp³-hybridized carbons (Fsp3) is 0.167. The number of hydrogen-bond acceptors (Lipinski definition) is 2. The zero-order chi connectivity index (χ0) is 39.4. The molecular formula is C30H26O2. The Morgan fingerprint density at radius 3 is 1.75 bits per heavy atom. The number of ketones is 1. The van der Waals surface area contributed by atoms with Crippen LogP contribution in [-0.4, -0.2) is 10.9 Å². The first-order chi connectivity index (χ1) is 24.0. The van der Waals surface area contributed by atoms with Crippen molar-refractivity contribution in [2.24, 2.45) is 5.92 Å². The van der Waals surface area contributed by atoms with Crippen LogP contribution < -0.4 is 0 Å². The average Bonchev–Trinajstić information content (AvgIpc) is 3.40. The molecule has 1 fully saturated rings. The lowest BCUT2D eigenvalue weighted by atomic mass is 9.73. The molecule has 2 heteroatoms. The predicted octanol–water partition coefficient (Wildman–Crippen LogP) is 6.34. The fourth-order valence-electron chi connectivity index (χ4n) is 4.27. The van der Waals surface area contributed by atoms with Crippen molar-refractivity contribution in [2.45, 2.75) is 23.9 Å². The van der Waals surface area contributed by atoms with Crippen LogP contribution in [0.15, 0.2) is 121 Å². The van der Waals surface area contributed by atoms with Crippen molar-refractivity contribution in [1.29, 1.82) is 0 Å². The molecule has 4 aromatic rings. The van der Waals surface area contributed by atoms with Crippen LogP contribution in [0.1, 0.15) is 72.7 Å². The van der Waals surface area contributed by atoms with Gasteiger partial charge in [-0.1, -0.05) is 121 Å². The second kappa shape index (κ2) is 8.57. The predicted molar refractivity (Wildman–Crippen MR) is 128 cm³/mol. The molecule has 32 heavy (non-hydrogen) atoms. The van der Waals surface area contributed by atoms with Crippen LogP contribution >= 0.6 is 0 Å². The smallest absolute Gasteiger partial charge is 0.169 e. The molecule has 2 nitrogen and oxygen atoms in total. The lowest BCUT2D eigenvalue weighted by Crippen LogP contribution is -2.37. The van der Waals surface area contributed by atoms with Crippen molar-refractivity contribution in [1.82, 2.24) is 0 Å². The average molecular weight is 439 g/mol. The molecule has 4 atom stereocenters. The van der Waals surface area contributed by atoms with E-state index < -0.39 is 179 Å². The van der Waals surface area contributed by atoms with E-state index in [1.165, 1.54) is 0 Å². The summed E-state index contributed by atoms with van der Waals surface area (Å²) >= 11 is 0. The van der Waals surface area contributed by atoms with E-state index in [2.05, 4.69) is 0 Å². The lowest BCUT2D eigenvalue weighted by Gasteiger charge is -2.32. The van der Waals surface area contributed by atoms with Crippen molar-refractivity contribution >= 4 is 5.78 Å². The van der Waals surface area contributed by atoms with E-state index in [1.54, 1.807) is 0 Å². The van der Waals surface area contributed by atoms with Crippen LogP contribution in [-0.2, 0) is 5.60 Å². The summed E-state index contributed by atoms with van der Waals surface area (Å²) in [6.07, 6.45) is -1.04. The molecule has 1 N–H and O–H groups in total. The van der Waals surface area contributed by atoms with Gasteiger partial charge < -0.3 is 5.11 Å². The Hall–Kier alpha value is -3.49. The molecule has 0 bridgehead atoms. The van der Waals surface area contributed by atoms with Gasteiger partial charge in [0.25, 0.3) is 0 Å². The summed E-state index contributed by atoms with van der Waals surface area (Å²) in [4.78, 5) is 15.0. The molecule has 0 radical (unpaired) electrons. The molecule has 4 unspecified atom stereocenters. The summed E-state index contributed by atoms with van der Waals surface area (Å²) in [5.74, 6) is -7.89. The van der Waals surface area contributed by atoms with Crippen LogP contribution in [0.5, 0.6) is 0 Å². The van der Waals surface area contributed by atoms with E-state index in [1.807, 2.05) is 0 Å². The molecule has 1 saturated carbocycles. The standard InChI is InChI=1S/C30H26O2/c31-29(24-17-9-3-10-18-24)28-27(23-15-7-2-8-16-23)26(22-13-5-1-6-14-22)21-30(28,32)25-19-11-4-12-20-25/h1-20,26-28,32H,21H2/i1D,2D,3D,4D,5D,6D,7D,8D,9D,10D,11D,12D,13D,14D,15D,16D,17D,18D,19D,20D. The SMILES string of the molecule is [2H]c1c([2H])c([2H])c(C(=O)C2C(c3c([2H])c([2H])c([2H])c([2H])c3[2H])C(c3c([2H])c([2H])c([2H])c([2H])c3[2H])CC2(O)c2c([2H])c([2H])c([2H])c([2H])c2[2H])c([2H])c1[2H]. The largest absolute Gasteiger partial charge is 0.384 e. The third-order valence-electron chi connectivity index (χ3n) is 5.54. The van der Waals surface area contributed by atoms with Crippen molar-refractivity contribution in [3.05, 3.63) is 143 Å². The summed E-state index contributed by atoms with van der Waals surface area (Å²) in [5, 5.41) is 12.9. The van der Waals surface area contributed by atoms with E-state index in [-0.39, 0.29) is 0 Å². The van der Waals surface area contributed by atoms with Gasteiger partial charge in [0.15, 0.2) is 5.78 Å². The second-order valence-electron chi connectivity index (χ2n) is 7.18. The zero-order valence-electron chi connectivity index (χ0n) is 36.3. The van der Waals surface area contributed by atoms with E-state index in [4.69, 9.17) is 27.4 Å². The molecular weight excluding hydrogens is 392 g/mol. The minimum atomic E-state index is -3.12.